The van der Waals surface area contributed by atoms with Crippen molar-refractivity contribution in [1.82, 2.24) is 0 Å². The lowest BCUT2D eigenvalue weighted by atomic mass is 10.0. The lowest BCUT2D eigenvalue weighted by molar-refractivity contribution is -0.131. The van der Waals surface area contributed by atoms with Crippen LogP contribution in [0.1, 0.15) is 18.4 Å². The predicted octanol–water partition coefficient (Wildman–Crippen LogP) is 3.05. The van der Waals surface area contributed by atoms with Gasteiger partial charge in [0.1, 0.15) is 11.2 Å². The van der Waals surface area contributed by atoms with Gasteiger partial charge in [-0.1, -0.05) is 6.07 Å². The third-order valence-electron chi connectivity index (χ3n) is 3.97. The van der Waals surface area contributed by atoms with Crippen LogP contribution in [0.4, 0.5) is 15.8 Å². The summed E-state index contributed by atoms with van der Waals surface area (Å²) in [5, 5.41) is 14.0. The number of anilines is 2. The number of nitrogens with zero attached hydrogens (tertiary/aromatic N) is 1. The maximum atomic E-state index is 13.2. The predicted molar refractivity (Wildman–Crippen MR) is 86.5 cm³/mol. The summed E-state index contributed by atoms with van der Waals surface area (Å²) in [4.78, 5) is 24.8. The minimum absolute atomic E-state index is 0.317. The largest absolute Gasteiger partial charge is 0.325 e. The first kappa shape index (κ1) is 15.7. The molecule has 24 heavy (non-hydrogen) atoms. The third kappa shape index (κ3) is 3.10. The third-order valence-corrected chi connectivity index (χ3v) is 3.97. The van der Waals surface area contributed by atoms with Gasteiger partial charge in [0, 0.05) is 11.4 Å². The number of rotatable bonds is 4. The standard InChI is InChI=1S/C18H14FN3O2/c19-13-2-1-3-15(10-13)22-17(24)18(8-9-18)16(23)21-14-6-4-12(11-20)5-7-14/h1-7,10H,8-9H2,(H,21,23)(H,22,24). The van der Waals surface area contributed by atoms with Crippen molar-refractivity contribution in [3.05, 3.63) is 59.9 Å². The Bertz CT molecular complexity index is 836. The van der Waals surface area contributed by atoms with Crippen molar-refractivity contribution in [2.45, 2.75) is 12.8 Å². The Kier molecular flexibility index (Phi) is 4.00. The molecule has 1 saturated carbocycles. The summed E-state index contributed by atoms with van der Waals surface area (Å²) < 4.78 is 13.2. The minimum Gasteiger partial charge on any atom is -0.325 e. The van der Waals surface area contributed by atoms with E-state index in [2.05, 4.69) is 10.6 Å². The fourth-order valence-electron chi connectivity index (χ4n) is 2.38. The lowest BCUT2D eigenvalue weighted by Crippen LogP contribution is -2.35. The van der Waals surface area contributed by atoms with Gasteiger partial charge in [0.2, 0.25) is 11.8 Å². The molecule has 0 heterocycles. The molecule has 1 aliphatic rings. The van der Waals surface area contributed by atoms with Gasteiger partial charge >= 0.3 is 0 Å². The summed E-state index contributed by atoms with van der Waals surface area (Å²) in [6, 6.07) is 13.9. The number of carbonyl (C=O) groups excluding carboxylic acids is 2. The van der Waals surface area contributed by atoms with Crippen molar-refractivity contribution in [3.63, 3.8) is 0 Å². The van der Waals surface area contributed by atoms with Crippen LogP contribution in [-0.2, 0) is 9.59 Å². The number of benzene rings is 2. The molecule has 3 rings (SSSR count). The number of nitriles is 1. The second-order valence-electron chi connectivity index (χ2n) is 5.69. The molecule has 0 saturated heterocycles. The fourth-order valence-corrected chi connectivity index (χ4v) is 2.38. The number of hydrogen-bond acceptors (Lipinski definition) is 3. The Balaban J connectivity index is 1.69. The van der Waals surface area contributed by atoms with Crippen molar-refractivity contribution in [1.29, 1.82) is 5.26 Å². The van der Waals surface area contributed by atoms with Gasteiger partial charge in [0.25, 0.3) is 0 Å². The van der Waals surface area contributed by atoms with Gasteiger partial charge in [-0.2, -0.15) is 5.26 Å². The Morgan fingerprint density at radius 3 is 2.17 bits per heavy atom. The maximum absolute atomic E-state index is 13.2. The molecule has 0 aliphatic heterocycles. The first-order chi connectivity index (χ1) is 11.5. The average molecular weight is 323 g/mol. The second-order valence-corrected chi connectivity index (χ2v) is 5.69. The van der Waals surface area contributed by atoms with E-state index >= 15 is 0 Å². The van der Waals surface area contributed by atoms with Gasteiger partial charge in [-0.3, -0.25) is 9.59 Å². The van der Waals surface area contributed by atoms with E-state index in [1.165, 1.54) is 18.2 Å². The van der Waals surface area contributed by atoms with Gasteiger partial charge < -0.3 is 10.6 Å². The van der Waals surface area contributed by atoms with Crippen molar-refractivity contribution >= 4 is 23.2 Å². The number of hydrogen-bond donors (Lipinski definition) is 2. The van der Waals surface area contributed by atoms with Gasteiger partial charge in [-0.15, -0.1) is 0 Å². The van der Waals surface area contributed by atoms with Crippen LogP contribution >= 0.6 is 0 Å². The van der Waals surface area contributed by atoms with E-state index in [1.807, 2.05) is 6.07 Å². The van der Waals surface area contributed by atoms with Gasteiger partial charge in [0.15, 0.2) is 0 Å². The van der Waals surface area contributed by atoms with E-state index in [1.54, 1.807) is 30.3 Å². The van der Waals surface area contributed by atoms with Crippen molar-refractivity contribution in [2.24, 2.45) is 5.41 Å². The van der Waals surface area contributed by atoms with Crippen LogP contribution in [0.2, 0.25) is 0 Å². The number of nitrogens with one attached hydrogen (secondary N) is 2. The number of halogens is 1. The van der Waals surface area contributed by atoms with E-state index < -0.39 is 23.0 Å². The molecule has 2 aromatic rings. The molecule has 5 nitrogen and oxygen atoms in total. The summed E-state index contributed by atoms with van der Waals surface area (Å²) in [5.41, 5.74) is 0.194. The van der Waals surface area contributed by atoms with Crippen molar-refractivity contribution in [3.8, 4) is 6.07 Å². The summed E-state index contributed by atoms with van der Waals surface area (Å²) in [5.74, 6) is -1.31. The van der Waals surface area contributed by atoms with Crippen LogP contribution < -0.4 is 10.6 Å². The molecule has 6 heteroatoms. The number of carbonyl (C=O) groups is 2. The van der Waals surface area contributed by atoms with Crippen LogP contribution in [-0.4, -0.2) is 11.8 Å². The molecule has 0 radical (unpaired) electrons. The monoisotopic (exact) mass is 323 g/mol. The minimum atomic E-state index is -1.12. The quantitative estimate of drug-likeness (QED) is 0.848. The lowest BCUT2D eigenvalue weighted by Gasteiger charge is -2.15. The first-order valence-electron chi connectivity index (χ1n) is 7.42. The summed E-state index contributed by atoms with van der Waals surface area (Å²) in [7, 11) is 0. The molecular formula is C18H14FN3O2. The van der Waals surface area contributed by atoms with Gasteiger partial charge in [-0.05, 0) is 55.3 Å². The van der Waals surface area contributed by atoms with Crippen molar-refractivity contribution in [2.75, 3.05) is 10.6 Å². The summed E-state index contributed by atoms with van der Waals surface area (Å²) in [6.45, 7) is 0. The molecule has 0 aromatic heterocycles. The molecule has 0 atom stereocenters. The molecule has 2 amide bonds. The fraction of sp³-hybridized carbons (Fsp3) is 0.167. The van der Waals surface area contributed by atoms with Crippen LogP contribution in [0.5, 0.6) is 0 Å². The molecule has 1 fully saturated rings. The molecular weight excluding hydrogens is 309 g/mol. The van der Waals surface area contributed by atoms with Gasteiger partial charge in [0.05, 0.1) is 11.6 Å². The molecule has 1 aliphatic carbocycles. The summed E-state index contributed by atoms with van der Waals surface area (Å²) in [6.07, 6.45) is 0.881. The Hall–Kier alpha value is -3.20. The highest BCUT2D eigenvalue weighted by atomic mass is 19.1. The smallest absolute Gasteiger partial charge is 0.240 e. The van der Waals surface area contributed by atoms with Crippen molar-refractivity contribution < 1.29 is 14.0 Å². The van der Waals surface area contributed by atoms with Crippen LogP contribution in [0.15, 0.2) is 48.5 Å². The van der Waals surface area contributed by atoms with E-state index in [0.717, 1.165) is 0 Å². The molecule has 0 bridgehead atoms. The summed E-state index contributed by atoms with van der Waals surface area (Å²) >= 11 is 0. The highest BCUT2D eigenvalue weighted by molar-refractivity contribution is 6.16. The van der Waals surface area contributed by atoms with Crippen LogP contribution in [0.3, 0.4) is 0 Å². The Morgan fingerprint density at radius 1 is 1.00 bits per heavy atom. The van der Waals surface area contributed by atoms with Gasteiger partial charge in [-0.25, -0.2) is 4.39 Å². The SMILES string of the molecule is N#Cc1ccc(NC(=O)C2(C(=O)Nc3cccc(F)c3)CC2)cc1. The molecule has 120 valence electrons. The molecule has 2 N–H and O–H groups in total. The van der Waals surface area contributed by atoms with E-state index in [9.17, 15) is 14.0 Å². The van der Waals surface area contributed by atoms with E-state index in [4.69, 9.17) is 5.26 Å². The first-order valence-corrected chi connectivity index (χ1v) is 7.42. The van der Waals surface area contributed by atoms with Crippen LogP contribution in [0.25, 0.3) is 0 Å². The molecule has 2 aromatic carbocycles. The Labute approximate surface area is 138 Å². The topological polar surface area (TPSA) is 82.0 Å². The van der Waals surface area contributed by atoms with E-state index in [-0.39, 0.29) is 0 Å². The Morgan fingerprint density at radius 2 is 1.62 bits per heavy atom. The van der Waals surface area contributed by atoms with E-state index in [0.29, 0.717) is 29.8 Å². The normalized spacial score (nSPS) is 14.3. The van der Waals surface area contributed by atoms with Crippen LogP contribution in [0, 0.1) is 22.6 Å². The highest BCUT2D eigenvalue weighted by Crippen LogP contribution is 2.47. The highest BCUT2D eigenvalue weighted by Gasteiger charge is 2.56. The average Bonchev–Trinajstić information content (AvgIpc) is 3.37. The second kappa shape index (κ2) is 6.13. The zero-order valence-electron chi connectivity index (χ0n) is 12.7. The molecule has 0 spiro atoms. The maximum Gasteiger partial charge on any atom is 0.240 e. The number of amides is 2. The molecule has 0 unspecified atom stereocenters. The zero-order valence-corrected chi connectivity index (χ0v) is 12.7. The zero-order chi connectivity index (χ0) is 17.2.